The van der Waals surface area contributed by atoms with Gasteiger partial charge in [-0.3, -0.25) is 9.69 Å². The fourth-order valence-electron chi connectivity index (χ4n) is 8.45. The highest BCUT2D eigenvalue weighted by Gasteiger charge is 2.58. The van der Waals surface area contributed by atoms with Gasteiger partial charge in [-0.25, -0.2) is 8.78 Å². The quantitative estimate of drug-likeness (QED) is 0.345. The maximum atomic E-state index is 17.8. The molecule has 4 aliphatic rings. The number of anilines is 1. The van der Waals surface area contributed by atoms with Crippen molar-refractivity contribution < 1.29 is 27.8 Å². The Hall–Kier alpha value is -2.75. The van der Waals surface area contributed by atoms with E-state index in [1.54, 1.807) is 32.3 Å². The average molecular weight is 626 g/mol. The van der Waals surface area contributed by atoms with E-state index in [2.05, 4.69) is 9.80 Å². The molecule has 2 aromatic rings. The van der Waals surface area contributed by atoms with Gasteiger partial charge in [-0.05, 0) is 86.8 Å². The maximum Gasteiger partial charge on any atom is 0.262 e. The largest absolute Gasteiger partial charge is 0.497 e. The minimum Gasteiger partial charge on any atom is -0.497 e. The van der Waals surface area contributed by atoms with Crippen molar-refractivity contribution >= 4 is 11.6 Å². The van der Waals surface area contributed by atoms with Crippen LogP contribution in [0, 0.1) is 5.82 Å². The number of benzene rings is 2. The number of alkyl halides is 1. The van der Waals surface area contributed by atoms with Crippen LogP contribution in [-0.2, 0) is 14.3 Å². The summed E-state index contributed by atoms with van der Waals surface area (Å²) in [5.74, 6) is -0.643. The molecule has 3 saturated heterocycles. The number of hydrogen-bond donors (Lipinski definition) is 0. The van der Waals surface area contributed by atoms with Gasteiger partial charge in [-0.1, -0.05) is 18.2 Å². The molecule has 7 nitrogen and oxygen atoms in total. The number of ether oxygens (including phenoxy) is 3. The third kappa shape index (κ3) is 6.58. The molecule has 4 atom stereocenters. The molecule has 3 aliphatic heterocycles. The highest BCUT2D eigenvalue weighted by atomic mass is 19.1. The Morgan fingerprint density at radius 3 is 2.36 bits per heavy atom. The molecule has 6 rings (SSSR count). The van der Waals surface area contributed by atoms with Crippen LogP contribution in [0.2, 0.25) is 0 Å². The van der Waals surface area contributed by atoms with E-state index in [1.165, 1.54) is 12.5 Å². The molecule has 0 unspecified atom stereocenters. The molecular weight excluding hydrogens is 576 g/mol. The SMILES string of the molecule is COC[C@@H]1C[C@@H](c2ccc(F)cc2N2CCCCC2)CN1C(=O)[C@]1(F)CN([C@H]2CC[C@H](OC)CC2)C[C@H]1c1ccc(OC)cc1. The van der Waals surface area contributed by atoms with Crippen molar-refractivity contribution in [3.8, 4) is 5.75 Å². The zero-order valence-electron chi connectivity index (χ0n) is 27.1. The van der Waals surface area contributed by atoms with Crippen LogP contribution < -0.4 is 9.64 Å². The van der Waals surface area contributed by atoms with Gasteiger partial charge in [0.15, 0.2) is 0 Å². The van der Waals surface area contributed by atoms with Gasteiger partial charge in [0.1, 0.15) is 11.6 Å². The second-order valence-corrected chi connectivity index (χ2v) is 13.5. The highest BCUT2D eigenvalue weighted by Crippen LogP contribution is 2.46. The van der Waals surface area contributed by atoms with Gasteiger partial charge < -0.3 is 24.0 Å². The molecule has 2 aromatic carbocycles. The normalized spacial score (nSPS) is 31.0. The third-order valence-electron chi connectivity index (χ3n) is 10.9. The lowest BCUT2D eigenvalue weighted by Gasteiger charge is -2.35. The molecule has 0 bridgehead atoms. The van der Waals surface area contributed by atoms with Crippen LogP contribution in [0.5, 0.6) is 5.75 Å². The predicted molar refractivity (Wildman–Crippen MR) is 171 cm³/mol. The number of amides is 1. The van der Waals surface area contributed by atoms with E-state index in [9.17, 15) is 9.18 Å². The Balaban J connectivity index is 1.29. The van der Waals surface area contributed by atoms with Crippen molar-refractivity contribution in [2.45, 2.75) is 87.1 Å². The number of hydrogen-bond acceptors (Lipinski definition) is 6. The van der Waals surface area contributed by atoms with Crippen LogP contribution in [0.1, 0.15) is 74.3 Å². The summed E-state index contributed by atoms with van der Waals surface area (Å²) in [5, 5.41) is 0. The van der Waals surface area contributed by atoms with Crippen molar-refractivity contribution in [3.63, 3.8) is 0 Å². The molecule has 1 saturated carbocycles. The van der Waals surface area contributed by atoms with Crippen molar-refractivity contribution in [1.82, 2.24) is 9.80 Å². The number of rotatable bonds is 9. The zero-order chi connectivity index (χ0) is 31.6. The first kappa shape index (κ1) is 32.2. The number of carbonyl (C=O) groups is 1. The minimum atomic E-state index is -2.09. The number of nitrogens with zero attached hydrogens (tertiary/aromatic N) is 3. The van der Waals surface area contributed by atoms with Gasteiger partial charge in [-0.15, -0.1) is 0 Å². The van der Waals surface area contributed by atoms with E-state index in [4.69, 9.17) is 14.2 Å². The van der Waals surface area contributed by atoms with Crippen LogP contribution >= 0.6 is 0 Å². The van der Waals surface area contributed by atoms with Crippen LogP contribution in [-0.4, -0.2) is 100 Å². The van der Waals surface area contributed by atoms with E-state index in [1.807, 2.05) is 30.3 Å². The standard InChI is InChI=1S/C36H49F2N3O4/c1-43-23-29-19-26(32-16-9-27(37)20-34(32)39-17-5-4-6-18-39)21-41(29)35(42)36(38)24-40(28-10-14-31(45-3)15-11-28)22-33(36)25-7-12-30(44-2)13-8-25/h7-9,12-13,16,20,26,28-29,31,33H,4-6,10-11,14-15,17-19,21-24H2,1-3H3/t26-,28-,29+,31-,33+,36+/m1/s1. The monoisotopic (exact) mass is 625 g/mol. The minimum absolute atomic E-state index is 0.0310. The molecular formula is C36H49F2N3O4. The number of methoxy groups -OCH3 is 3. The van der Waals surface area contributed by atoms with E-state index >= 15 is 4.39 Å². The second kappa shape index (κ2) is 13.9. The molecule has 0 N–H and O–H groups in total. The van der Waals surface area contributed by atoms with Gasteiger partial charge in [-0.2, -0.15) is 0 Å². The fraction of sp³-hybridized carbons (Fsp3) is 0.639. The lowest BCUT2D eigenvalue weighted by Crippen LogP contribution is -2.53. The Morgan fingerprint density at radius 1 is 0.956 bits per heavy atom. The van der Waals surface area contributed by atoms with Crippen molar-refractivity contribution in [2.75, 3.05) is 65.6 Å². The smallest absolute Gasteiger partial charge is 0.262 e. The first-order valence-corrected chi connectivity index (χ1v) is 16.8. The van der Waals surface area contributed by atoms with Crippen molar-refractivity contribution in [1.29, 1.82) is 0 Å². The summed E-state index contributed by atoms with van der Waals surface area (Å²) in [7, 11) is 5.00. The molecule has 0 aromatic heterocycles. The summed E-state index contributed by atoms with van der Waals surface area (Å²) < 4.78 is 48.9. The molecule has 4 fully saturated rings. The number of piperidine rings is 1. The molecule has 1 amide bonds. The molecule has 0 spiro atoms. The molecule has 3 heterocycles. The Kier molecular flexibility index (Phi) is 9.97. The summed E-state index contributed by atoms with van der Waals surface area (Å²) in [6.45, 7) is 3.07. The van der Waals surface area contributed by atoms with E-state index in [0.717, 1.165) is 68.4 Å². The molecule has 246 valence electrons. The van der Waals surface area contributed by atoms with E-state index < -0.39 is 17.5 Å². The number of halogens is 2. The second-order valence-electron chi connectivity index (χ2n) is 13.5. The maximum absolute atomic E-state index is 17.8. The Morgan fingerprint density at radius 2 is 1.69 bits per heavy atom. The molecule has 1 aliphatic carbocycles. The summed E-state index contributed by atoms with van der Waals surface area (Å²) in [6, 6.07) is 12.5. The van der Waals surface area contributed by atoms with Crippen molar-refractivity contribution in [2.24, 2.45) is 0 Å². The first-order chi connectivity index (χ1) is 21.8. The predicted octanol–water partition coefficient (Wildman–Crippen LogP) is 5.92. The van der Waals surface area contributed by atoms with Crippen molar-refractivity contribution in [3.05, 3.63) is 59.4 Å². The van der Waals surface area contributed by atoms with Gasteiger partial charge in [0.25, 0.3) is 5.91 Å². The zero-order valence-corrected chi connectivity index (χ0v) is 27.1. The summed E-state index contributed by atoms with van der Waals surface area (Å²) in [6.07, 6.45) is 7.99. The fourth-order valence-corrected chi connectivity index (χ4v) is 8.45. The van der Waals surface area contributed by atoms with Gasteiger partial charge in [0.2, 0.25) is 5.67 Å². The topological polar surface area (TPSA) is 54.5 Å². The Bertz CT molecular complexity index is 1300. The average Bonchev–Trinajstić information content (AvgIpc) is 3.67. The van der Waals surface area contributed by atoms with Crippen LogP contribution in [0.25, 0.3) is 0 Å². The van der Waals surface area contributed by atoms with Gasteiger partial charge in [0.05, 0.1) is 25.9 Å². The summed E-state index contributed by atoms with van der Waals surface area (Å²) in [5.41, 5.74) is 0.670. The Labute approximate surface area is 266 Å². The first-order valence-electron chi connectivity index (χ1n) is 16.8. The lowest BCUT2D eigenvalue weighted by atomic mass is 9.85. The number of likely N-dealkylation sites (tertiary alicyclic amines) is 2. The summed E-state index contributed by atoms with van der Waals surface area (Å²) in [4.78, 5) is 20.9. The molecule has 9 heteroatoms. The summed E-state index contributed by atoms with van der Waals surface area (Å²) >= 11 is 0. The van der Waals surface area contributed by atoms with Crippen LogP contribution in [0.15, 0.2) is 42.5 Å². The third-order valence-corrected chi connectivity index (χ3v) is 10.9. The molecule has 0 radical (unpaired) electrons. The van der Waals surface area contributed by atoms with Gasteiger partial charge in [0, 0.05) is 70.5 Å². The van der Waals surface area contributed by atoms with E-state index in [-0.39, 0.29) is 36.5 Å². The number of carbonyl (C=O) groups excluding carboxylic acids is 1. The van der Waals surface area contributed by atoms with Crippen LogP contribution in [0.4, 0.5) is 14.5 Å². The highest BCUT2D eigenvalue weighted by molar-refractivity contribution is 5.88. The van der Waals surface area contributed by atoms with Crippen LogP contribution in [0.3, 0.4) is 0 Å². The molecule has 45 heavy (non-hydrogen) atoms. The van der Waals surface area contributed by atoms with E-state index in [0.29, 0.717) is 31.9 Å². The lowest BCUT2D eigenvalue weighted by molar-refractivity contribution is -0.146. The van der Waals surface area contributed by atoms with Gasteiger partial charge >= 0.3 is 0 Å².